The molecule has 0 N–H and O–H groups in total. The normalized spacial score (nSPS) is 21.1. The molecule has 0 unspecified atom stereocenters. The highest BCUT2D eigenvalue weighted by Gasteiger charge is 2.63. The number of hydrogen-bond donors (Lipinski definition) is 0. The van der Waals surface area contributed by atoms with Crippen molar-refractivity contribution in [2.45, 2.75) is 18.0 Å². The summed E-state index contributed by atoms with van der Waals surface area (Å²) in [6.45, 7) is 0. The maximum Gasteiger partial charge on any atom is 0.185 e. The molecule has 0 spiro atoms. The first kappa shape index (κ1) is 23.3. The van der Waals surface area contributed by atoms with Gasteiger partial charge in [0.2, 0.25) is 0 Å². The first-order valence-corrected chi connectivity index (χ1v) is 12.6. The highest BCUT2D eigenvalue weighted by molar-refractivity contribution is 6.42. The Hall–Kier alpha value is -4.09. The van der Waals surface area contributed by atoms with Gasteiger partial charge >= 0.3 is 0 Å². The van der Waals surface area contributed by atoms with E-state index in [1.54, 1.807) is 30.3 Å². The number of fused-ring (bicyclic) bond motifs is 5. The number of ketones is 1. The molecule has 4 nitrogen and oxygen atoms in total. The lowest BCUT2D eigenvalue weighted by Gasteiger charge is -2.36. The van der Waals surface area contributed by atoms with E-state index in [0.717, 1.165) is 22.0 Å². The van der Waals surface area contributed by atoms with Gasteiger partial charge in [-0.2, -0.15) is 10.5 Å². The molecule has 6 rings (SSSR count). The molecule has 178 valence electrons. The standard InChI is InChI=1S/C31H19Cl2N3O/c32-24-13-10-21(16-25(24)33)28-29(30(37)20-7-2-1-3-8-20)36-26-14-11-19-6-4-5-9-22(19)23(26)12-15-27(36)31(28,17-34)18-35/h1-16,27-29H/t27-,28+,29-/m1/s1. The molecule has 4 aromatic rings. The molecule has 2 aliphatic rings. The molecule has 0 radical (unpaired) electrons. The summed E-state index contributed by atoms with van der Waals surface area (Å²) in [4.78, 5) is 16.3. The van der Waals surface area contributed by atoms with E-state index in [1.807, 2.05) is 71.6 Å². The monoisotopic (exact) mass is 519 g/mol. The lowest BCUT2D eigenvalue weighted by molar-refractivity contribution is 0.0951. The van der Waals surface area contributed by atoms with Gasteiger partial charge < -0.3 is 4.90 Å². The first-order valence-electron chi connectivity index (χ1n) is 11.8. The van der Waals surface area contributed by atoms with Gasteiger partial charge in [-0.05, 0) is 34.5 Å². The average molecular weight is 520 g/mol. The van der Waals surface area contributed by atoms with E-state index < -0.39 is 23.4 Å². The Labute approximate surface area is 224 Å². The van der Waals surface area contributed by atoms with E-state index in [0.29, 0.717) is 21.2 Å². The van der Waals surface area contributed by atoms with Crippen LogP contribution in [0.15, 0.2) is 91.0 Å². The summed E-state index contributed by atoms with van der Waals surface area (Å²) < 4.78 is 0. The molecular formula is C31H19Cl2N3O. The number of Topliss-reactive ketones (excluding diaryl/α,β-unsaturated/α-hetero) is 1. The summed E-state index contributed by atoms with van der Waals surface area (Å²) in [6, 6.07) is 29.3. The van der Waals surface area contributed by atoms with Crippen molar-refractivity contribution in [3.05, 3.63) is 118 Å². The number of anilines is 1. The van der Waals surface area contributed by atoms with Crippen LogP contribution in [0.4, 0.5) is 5.69 Å². The lowest BCUT2D eigenvalue weighted by Crippen LogP contribution is -2.44. The molecule has 3 atom stereocenters. The molecule has 0 saturated carbocycles. The second kappa shape index (κ2) is 8.79. The number of benzene rings is 4. The fraction of sp³-hybridized carbons (Fsp3) is 0.129. The van der Waals surface area contributed by atoms with Gasteiger partial charge in [0.1, 0.15) is 6.04 Å². The zero-order valence-corrected chi connectivity index (χ0v) is 21.0. The van der Waals surface area contributed by atoms with Crippen LogP contribution < -0.4 is 4.90 Å². The highest BCUT2D eigenvalue weighted by atomic mass is 35.5. The van der Waals surface area contributed by atoms with Gasteiger partial charge in [-0.15, -0.1) is 0 Å². The predicted molar refractivity (Wildman–Crippen MR) is 147 cm³/mol. The smallest absolute Gasteiger partial charge is 0.185 e. The Bertz CT molecular complexity index is 1670. The molecule has 1 fully saturated rings. The third-order valence-electron chi connectivity index (χ3n) is 7.54. The maximum absolute atomic E-state index is 14.3. The summed E-state index contributed by atoms with van der Waals surface area (Å²) in [5.41, 5.74) is 1.36. The Morgan fingerprint density at radius 1 is 0.865 bits per heavy atom. The predicted octanol–water partition coefficient (Wildman–Crippen LogP) is 7.43. The summed E-state index contributed by atoms with van der Waals surface area (Å²) in [7, 11) is 0. The van der Waals surface area contributed by atoms with Gasteiger partial charge in [-0.25, -0.2) is 0 Å². The van der Waals surface area contributed by atoms with Crippen LogP contribution in [-0.2, 0) is 0 Å². The van der Waals surface area contributed by atoms with Crippen molar-refractivity contribution < 1.29 is 4.79 Å². The number of hydrogen-bond acceptors (Lipinski definition) is 4. The van der Waals surface area contributed by atoms with Crippen molar-refractivity contribution >= 4 is 51.5 Å². The minimum atomic E-state index is -1.55. The van der Waals surface area contributed by atoms with Crippen molar-refractivity contribution in [1.82, 2.24) is 0 Å². The summed E-state index contributed by atoms with van der Waals surface area (Å²) in [5.74, 6) is -0.944. The van der Waals surface area contributed by atoms with Gasteiger partial charge in [0, 0.05) is 22.7 Å². The van der Waals surface area contributed by atoms with Crippen molar-refractivity contribution in [3.8, 4) is 12.1 Å². The number of nitrogens with zero attached hydrogens (tertiary/aromatic N) is 3. The number of rotatable bonds is 3. The van der Waals surface area contributed by atoms with E-state index in [-0.39, 0.29) is 5.78 Å². The fourth-order valence-electron chi connectivity index (χ4n) is 5.90. The first-order chi connectivity index (χ1) is 18.0. The minimum absolute atomic E-state index is 0.163. The van der Waals surface area contributed by atoms with Crippen LogP contribution in [0.1, 0.15) is 27.4 Å². The molecular weight excluding hydrogens is 501 g/mol. The van der Waals surface area contributed by atoms with Crippen molar-refractivity contribution in [3.63, 3.8) is 0 Å². The average Bonchev–Trinajstić information content (AvgIpc) is 3.25. The molecule has 0 aromatic heterocycles. The topological polar surface area (TPSA) is 67.9 Å². The largest absolute Gasteiger partial charge is 0.351 e. The molecule has 2 heterocycles. The highest BCUT2D eigenvalue weighted by Crippen LogP contribution is 2.56. The molecule has 2 aliphatic heterocycles. The van der Waals surface area contributed by atoms with Crippen LogP contribution in [0.25, 0.3) is 16.8 Å². The Morgan fingerprint density at radius 2 is 1.59 bits per heavy atom. The zero-order chi connectivity index (χ0) is 25.7. The van der Waals surface area contributed by atoms with Crippen molar-refractivity contribution in [2.75, 3.05) is 4.90 Å². The SMILES string of the molecule is N#CC1(C#N)[C@@H](c2ccc(Cl)c(Cl)c2)[C@H](C(=O)c2ccccc2)N2c3ccc4ccccc4c3C=C[C@@H]21. The van der Waals surface area contributed by atoms with Crippen molar-refractivity contribution in [2.24, 2.45) is 5.41 Å². The number of carbonyl (C=O) groups excluding carboxylic acids is 1. The molecule has 6 heteroatoms. The van der Waals surface area contributed by atoms with E-state index in [4.69, 9.17) is 23.2 Å². The van der Waals surface area contributed by atoms with Crippen LogP contribution in [0, 0.1) is 28.1 Å². The summed E-state index contributed by atoms with van der Waals surface area (Å²) in [6.07, 6.45) is 3.87. The molecule has 0 bridgehead atoms. The lowest BCUT2D eigenvalue weighted by atomic mass is 9.69. The van der Waals surface area contributed by atoms with Crippen LogP contribution in [-0.4, -0.2) is 17.9 Å². The quantitative estimate of drug-likeness (QED) is 0.264. The minimum Gasteiger partial charge on any atom is -0.351 e. The van der Waals surface area contributed by atoms with E-state index in [1.165, 1.54) is 0 Å². The molecule has 0 amide bonds. The van der Waals surface area contributed by atoms with Crippen LogP contribution in [0.2, 0.25) is 10.0 Å². The van der Waals surface area contributed by atoms with E-state index in [9.17, 15) is 15.3 Å². The Morgan fingerprint density at radius 3 is 2.32 bits per heavy atom. The number of carbonyl (C=O) groups is 1. The molecule has 0 aliphatic carbocycles. The van der Waals surface area contributed by atoms with Crippen molar-refractivity contribution in [1.29, 1.82) is 10.5 Å². The van der Waals surface area contributed by atoms with Gasteiger partial charge in [0.15, 0.2) is 11.2 Å². The van der Waals surface area contributed by atoms with Gasteiger partial charge in [-0.1, -0.05) is 102 Å². The summed E-state index contributed by atoms with van der Waals surface area (Å²) in [5, 5.41) is 24.0. The van der Waals surface area contributed by atoms with Crippen LogP contribution in [0.3, 0.4) is 0 Å². The second-order valence-corrected chi connectivity index (χ2v) is 10.2. The summed E-state index contributed by atoms with van der Waals surface area (Å²) >= 11 is 12.6. The van der Waals surface area contributed by atoms with Gasteiger partial charge in [0.05, 0.1) is 28.2 Å². The number of nitriles is 2. The molecule has 1 saturated heterocycles. The molecule has 37 heavy (non-hydrogen) atoms. The number of halogens is 2. The second-order valence-electron chi connectivity index (χ2n) is 9.35. The Kier molecular flexibility index (Phi) is 5.54. The third-order valence-corrected chi connectivity index (χ3v) is 8.28. The third kappa shape index (κ3) is 3.38. The van der Waals surface area contributed by atoms with E-state index >= 15 is 0 Å². The van der Waals surface area contributed by atoms with Crippen LogP contribution in [0.5, 0.6) is 0 Å². The van der Waals surface area contributed by atoms with E-state index in [2.05, 4.69) is 12.1 Å². The molecule has 4 aromatic carbocycles. The Balaban J connectivity index is 1.65. The van der Waals surface area contributed by atoms with Gasteiger partial charge in [-0.3, -0.25) is 4.79 Å². The fourth-order valence-corrected chi connectivity index (χ4v) is 6.21. The van der Waals surface area contributed by atoms with Gasteiger partial charge in [0.25, 0.3) is 0 Å². The van der Waals surface area contributed by atoms with Crippen LogP contribution >= 0.6 is 23.2 Å². The zero-order valence-electron chi connectivity index (χ0n) is 19.5. The maximum atomic E-state index is 14.3.